The first-order valence-corrected chi connectivity index (χ1v) is 9.10. The molecule has 128 valence electrons. The number of likely N-dealkylation sites (tertiary alicyclic amines) is 1. The van der Waals surface area contributed by atoms with E-state index in [0.29, 0.717) is 17.6 Å². The van der Waals surface area contributed by atoms with E-state index in [1.165, 1.54) is 16.9 Å². The maximum Gasteiger partial charge on any atom is 0.240 e. The van der Waals surface area contributed by atoms with Crippen LogP contribution in [0, 0.1) is 6.92 Å². The number of hydrogen-bond donors (Lipinski definition) is 1. The first-order chi connectivity index (χ1) is 11.6. The van der Waals surface area contributed by atoms with E-state index in [1.807, 2.05) is 24.4 Å². The normalized spacial score (nSPS) is 16.1. The number of aromatic nitrogens is 1. The van der Waals surface area contributed by atoms with Gasteiger partial charge in [-0.1, -0.05) is 12.1 Å². The van der Waals surface area contributed by atoms with Gasteiger partial charge in [-0.05, 0) is 56.5 Å². The molecular formula is C18H23N3O2S. The van der Waals surface area contributed by atoms with E-state index in [9.17, 15) is 4.79 Å². The van der Waals surface area contributed by atoms with Gasteiger partial charge in [0.05, 0.1) is 19.3 Å². The Bertz CT molecular complexity index is 676. The topological polar surface area (TPSA) is 54.5 Å². The molecule has 2 aromatic rings. The van der Waals surface area contributed by atoms with E-state index in [2.05, 4.69) is 27.3 Å². The average molecular weight is 345 g/mol. The third kappa shape index (κ3) is 4.33. The first-order valence-electron chi connectivity index (χ1n) is 8.22. The number of anilines is 1. The molecule has 0 spiro atoms. The highest BCUT2D eigenvalue weighted by molar-refractivity contribution is 7.13. The molecule has 1 saturated heterocycles. The zero-order chi connectivity index (χ0) is 16.9. The molecule has 0 bridgehead atoms. The largest absolute Gasteiger partial charge is 0.497 e. The van der Waals surface area contributed by atoms with Gasteiger partial charge in [0, 0.05) is 5.38 Å². The maximum atomic E-state index is 12.1. The highest BCUT2D eigenvalue weighted by Crippen LogP contribution is 2.29. The third-order valence-electron chi connectivity index (χ3n) is 4.41. The van der Waals surface area contributed by atoms with Crippen molar-refractivity contribution in [1.82, 2.24) is 9.88 Å². The molecule has 1 aliphatic rings. The molecule has 3 rings (SSSR count). The number of carbonyl (C=O) groups excluding carboxylic acids is 1. The maximum absolute atomic E-state index is 12.1. The van der Waals surface area contributed by atoms with Gasteiger partial charge in [0.25, 0.3) is 0 Å². The predicted octanol–water partition coefficient (Wildman–Crippen LogP) is 3.28. The van der Waals surface area contributed by atoms with Gasteiger partial charge in [0.15, 0.2) is 5.13 Å². The Morgan fingerprint density at radius 1 is 1.33 bits per heavy atom. The highest BCUT2D eigenvalue weighted by Gasteiger charge is 2.22. The minimum absolute atomic E-state index is 0.0206. The number of amides is 1. The molecule has 5 nitrogen and oxygen atoms in total. The van der Waals surface area contributed by atoms with Gasteiger partial charge in [0.1, 0.15) is 5.75 Å². The zero-order valence-corrected chi connectivity index (χ0v) is 14.9. The zero-order valence-electron chi connectivity index (χ0n) is 14.1. The van der Waals surface area contributed by atoms with Crippen LogP contribution >= 0.6 is 11.3 Å². The summed E-state index contributed by atoms with van der Waals surface area (Å²) in [7, 11) is 1.69. The standard InChI is InChI=1S/C18H23N3O2S/c1-13-12-24-18(19-13)20-17(22)11-21-9-7-15(8-10-21)14-3-5-16(23-2)6-4-14/h3-6,12,15H,7-11H2,1-2H3,(H,19,20,22). The van der Waals surface area contributed by atoms with E-state index in [4.69, 9.17) is 4.74 Å². The molecule has 0 atom stereocenters. The van der Waals surface area contributed by atoms with Crippen molar-refractivity contribution in [3.8, 4) is 5.75 Å². The van der Waals surface area contributed by atoms with E-state index in [0.717, 1.165) is 37.4 Å². The number of nitrogens with one attached hydrogen (secondary N) is 1. The lowest BCUT2D eigenvalue weighted by Gasteiger charge is -2.31. The minimum atomic E-state index is 0.0206. The Morgan fingerprint density at radius 2 is 2.04 bits per heavy atom. The number of nitrogens with zero attached hydrogens (tertiary/aromatic N) is 2. The second-order valence-electron chi connectivity index (χ2n) is 6.17. The van der Waals surface area contributed by atoms with Crippen LogP contribution in [0.1, 0.15) is 30.0 Å². The van der Waals surface area contributed by atoms with Crippen molar-refractivity contribution in [3.05, 3.63) is 40.9 Å². The number of benzene rings is 1. The van der Waals surface area contributed by atoms with Crippen molar-refractivity contribution >= 4 is 22.4 Å². The quantitative estimate of drug-likeness (QED) is 0.903. The van der Waals surface area contributed by atoms with Gasteiger partial charge in [0.2, 0.25) is 5.91 Å². The SMILES string of the molecule is COc1ccc(C2CCN(CC(=O)Nc3nc(C)cs3)CC2)cc1. The number of ether oxygens (including phenoxy) is 1. The smallest absolute Gasteiger partial charge is 0.240 e. The average Bonchev–Trinajstić information content (AvgIpc) is 3.00. The van der Waals surface area contributed by atoms with Crippen LogP contribution in [0.5, 0.6) is 5.75 Å². The molecule has 1 aromatic carbocycles. The monoisotopic (exact) mass is 345 g/mol. The van der Waals surface area contributed by atoms with Crippen molar-refractivity contribution in [1.29, 1.82) is 0 Å². The van der Waals surface area contributed by atoms with Crippen LogP contribution in [0.15, 0.2) is 29.6 Å². The molecule has 1 aliphatic heterocycles. The van der Waals surface area contributed by atoms with Crippen LogP contribution in [0.2, 0.25) is 0 Å². The van der Waals surface area contributed by atoms with Crippen LogP contribution in [0.3, 0.4) is 0 Å². The van der Waals surface area contributed by atoms with Crippen molar-refractivity contribution in [2.24, 2.45) is 0 Å². The van der Waals surface area contributed by atoms with Crippen molar-refractivity contribution in [2.45, 2.75) is 25.7 Å². The lowest BCUT2D eigenvalue weighted by atomic mass is 9.89. The number of aryl methyl sites for hydroxylation is 1. The lowest BCUT2D eigenvalue weighted by Crippen LogP contribution is -2.38. The van der Waals surface area contributed by atoms with Crippen molar-refractivity contribution < 1.29 is 9.53 Å². The molecule has 1 aromatic heterocycles. The molecule has 6 heteroatoms. The van der Waals surface area contributed by atoms with E-state index < -0.39 is 0 Å². The summed E-state index contributed by atoms with van der Waals surface area (Å²) in [5, 5.41) is 5.50. The van der Waals surface area contributed by atoms with E-state index in [1.54, 1.807) is 7.11 Å². The summed E-state index contributed by atoms with van der Waals surface area (Å²) in [6.45, 7) is 4.26. The van der Waals surface area contributed by atoms with Crippen LogP contribution in [0.25, 0.3) is 0 Å². The van der Waals surface area contributed by atoms with Crippen LogP contribution in [-0.2, 0) is 4.79 Å². The molecule has 0 radical (unpaired) electrons. The number of thiazole rings is 1. The number of hydrogen-bond acceptors (Lipinski definition) is 5. The molecule has 1 fully saturated rings. The van der Waals surface area contributed by atoms with Gasteiger partial charge in [-0.25, -0.2) is 4.98 Å². The Kier molecular flexibility index (Phi) is 5.48. The van der Waals surface area contributed by atoms with Gasteiger partial charge >= 0.3 is 0 Å². The molecule has 0 aliphatic carbocycles. The third-order valence-corrected chi connectivity index (χ3v) is 5.28. The fourth-order valence-corrected chi connectivity index (χ4v) is 3.78. The Morgan fingerprint density at radius 3 is 2.62 bits per heavy atom. The van der Waals surface area contributed by atoms with Crippen LogP contribution < -0.4 is 10.1 Å². The van der Waals surface area contributed by atoms with E-state index in [-0.39, 0.29) is 5.91 Å². The van der Waals surface area contributed by atoms with Gasteiger partial charge in [-0.2, -0.15) is 0 Å². The summed E-state index contributed by atoms with van der Waals surface area (Å²) in [6.07, 6.45) is 2.16. The molecule has 1 amide bonds. The lowest BCUT2D eigenvalue weighted by molar-refractivity contribution is -0.117. The second kappa shape index (κ2) is 7.77. The Hall–Kier alpha value is -1.92. The number of rotatable bonds is 5. The molecule has 24 heavy (non-hydrogen) atoms. The predicted molar refractivity (Wildman–Crippen MR) is 96.9 cm³/mol. The fourth-order valence-electron chi connectivity index (χ4n) is 3.07. The summed E-state index contributed by atoms with van der Waals surface area (Å²) < 4.78 is 5.21. The summed E-state index contributed by atoms with van der Waals surface area (Å²) >= 11 is 1.47. The summed E-state index contributed by atoms with van der Waals surface area (Å²) in [6, 6.07) is 8.34. The Labute approximate surface area is 146 Å². The number of piperidine rings is 1. The van der Waals surface area contributed by atoms with Crippen molar-refractivity contribution in [2.75, 3.05) is 32.1 Å². The van der Waals surface area contributed by atoms with Gasteiger partial charge < -0.3 is 10.1 Å². The number of methoxy groups -OCH3 is 1. The van der Waals surface area contributed by atoms with Crippen LogP contribution in [0.4, 0.5) is 5.13 Å². The van der Waals surface area contributed by atoms with Gasteiger partial charge in [-0.3, -0.25) is 9.69 Å². The summed E-state index contributed by atoms with van der Waals surface area (Å²) in [4.78, 5) is 18.6. The summed E-state index contributed by atoms with van der Waals surface area (Å²) in [5.74, 6) is 1.48. The second-order valence-corrected chi connectivity index (χ2v) is 7.02. The fraction of sp³-hybridized carbons (Fsp3) is 0.444. The molecule has 2 heterocycles. The molecular weight excluding hydrogens is 322 g/mol. The van der Waals surface area contributed by atoms with E-state index >= 15 is 0 Å². The van der Waals surface area contributed by atoms with Gasteiger partial charge in [-0.15, -0.1) is 11.3 Å². The summed E-state index contributed by atoms with van der Waals surface area (Å²) in [5.41, 5.74) is 2.30. The number of carbonyl (C=O) groups is 1. The molecule has 1 N–H and O–H groups in total. The van der Waals surface area contributed by atoms with Crippen LogP contribution in [-0.4, -0.2) is 42.5 Å². The molecule has 0 saturated carbocycles. The molecule has 0 unspecified atom stereocenters. The highest BCUT2D eigenvalue weighted by atomic mass is 32.1. The Balaban J connectivity index is 1.46. The first kappa shape index (κ1) is 16.9. The van der Waals surface area contributed by atoms with Crippen molar-refractivity contribution in [3.63, 3.8) is 0 Å². The minimum Gasteiger partial charge on any atom is -0.497 e.